The zero-order chi connectivity index (χ0) is 39.5. The third-order valence-corrected chi connectivity index (χ3v) is 12.4. The lowest BCUT2D eigenvalue weighted by Gasteiger charge is -2.28. The number of hydrogen-bond donors (Lipinski definition) is 0. The second-order valence-electron chi connectivity index (χ2n) is 16.2. The van der Waals surface area contributed by atoms with Gasteiger partial charge < -0.3 is 9.47 Å². The van der Waals surface area contributed by atoms with Gasteiger partial charge >= 0.3 is 0 Å². The van der Waals surface area contributed by atoms with E-state index in [1.165, 1.54) is 83.1 Å². The SMILES string of the molecule is CC1(C)c2cc(-c3ccccc3)ccc2-c2ccc(N(c3ccccc3)c3ccc(-c4cccc(-c5ccc6c7ccccc7n(-c7ccccc7)c6c5)c4)cc3)cc21. The summed E-state index contributed by atoms with van der Waals surface area (Å²) < 4.78 is 2.39. The van der Waals surface area contributed by atoms with Crippen molar-refractivity contribution < 1.29 is 0 Å². The fraction of sp³-hybridized carbons (Fsp3) is 0.0526. The Bertz CT molecular complexity index is 3160. The first-order chi connectivity index (χ1) is 29.0. The van der Waals surface area contributed by atoms with Crippen LogP contribution in [0, 0.1) is 0 Å². The maximum Gasteiger partial charge on any atom is 0.0547 e. The van der Waals surface area contributed by atoms with E-state index in [1.54, 1.807) is 0 Å². The molecule has 2 heteroatoms. The molecule has 0 fully saturated rings. The van der Waals surface area contributed by atoms with Gasteiger partial charge in [-0.05, 0) is 128 Å². The monoisotopic (exact) mass is 754 g/mol. The highest BCUT2D eigenvalue weighted by molar-refractivity contribution is 6.10. The molecule has 0 aliphatic heterocycles. The summed E-state index contributed by atoms with van der Waals surface area (Å²) in [4.78, 5) is 2.38. The van der Waals surface area contributed by atoms with E-state index in [9.17, 15) is 0 Å². The van der Waals surface area contributed by atoms with Gasteiger partial charge in [0.15, 0.2) is 0 Å². The van der Waals surface area contributed by atoms with E-state index < -0.39 is 0 Å². The quantitative estimate of drug-likeness (QED) is 0.157. The molecule has 1 heterocycles. The van der Waals surface area contributed by atoms with Gasteiger partial charge in [0.05, 0.1) is 11.0 Å². The topological polar surface area (TPSA) is 8.17 Å². The van der Waals surface area contributed by atoms with Crippen LogP contribution in [0.15, 0.2) is 218 Å². The molecule has 0 atom stereocenters. The molecule has 1 aliphatic carbocycles. The largest absolute Gasteiger partial charge is 0.310 e. The maximum absolute atomic E-state index is 2.41. The Kier molecular flexibility index (Phi) is 8.20. The minimum Gasteiger partial charge on any atom is -0.310 e. The molecule has 1 aromatic heterocycles. The van der Waals surface area contributed by atoms with Gasteiger partial charge in [-0.1, -0.05) is 159 Å². The van der Waals surface area contributed by atoms with Crippen LogP contribution in [0.25, 0.3) is 72.0 Å². The summed E-state index contributed by atoms with van der Waals surface area (Å²) >= 11 is 0. The van der Waals surface area contributed by atoms with Crippen molar-refractivity contribution >= 4 is 38.9 Å². The molecule has 0 saturated carbocycles. The lowest BCUT2D eigenvalue weighted by molar-refractivity contribution is 0.660. The van der Waals surface area contributed by atoms with E-state index in [4.69, 9.17) is 0 Å². The molecule has 0 unspecified atom stereocenters. The van der Waals surface area contributed by atoms with Crippen LogP contribution < -0.4 is 4.90 Å². The normalized spacial score (nSPS) is 12.7. The molecule has 9 aromatic carbocycles. The Morgan fingerprint density at radius 3 is 1.59 bits per heavy atom. The summed E-state index contributed by atoms with van der Waals surface area (Å²) in [5.41, 5.74) is 19.5. The van der Waals surface area contributed by atoms with Gasteiger partial charge in [0.2, 0.25) is 0 Å². The van der Waals surface area contributed by atoms with Crippen LogP contribution in [0.4, 0.5) is 17.1 Å². The number of nitrogens with zero attached hydrogens (tertiary/aromatic N) is 2. The summed E-state index contributed by atoms with van der Waals surface area (Å²) in [6.07, 6.45) is 0. The molecular weight excluding hydrogens is 713 g/mol. The Hall–Kier alpha value is -7.42. The molecule has 2 nitrogen and oxygen atoms in total. The Labute approximate surface area is 345 Å². The van der Waals surface area contributed by atoms with Gasteiger partial charge in [-0.2, -0.15) is 0 Å². The van der Waals surface area contributed by atoms with E-state index >= 15 is 0 Å². The first-order valence-corrected chi connectivity index (χ1v) is 20.5. The first-order valence-electron chi connectivity index (χ1n) is 20.5. The third kappa shape index (κ3) is 5.87. The zero-order valence-electron chi connectivity index (χ0n) is 33.2. The van der Waals surface area contributed by atoms with Crippen LogP contribution in [0.3, 0.4) is 0 Å². The van der Waals surface area contributed by atoms with E-state index in [2.05, 4.69) is 242 Å². The molecule has 1 aliphatic rings. The highest BCUT2D eigenvalue weighted by Gasteiger charge is 2.36. The summed E-state index contributed by atoms with van der Waals surface area (Å²) in [5, 5.41) is 2.53. The van der Waals surface area contributed by atoms with E-state index in [-0.39, 0.29) is 5.41 Å². The van der Waals surface area contributed by atoms with Gasteiger partial charge in [-0.15, -0.1) is 0 Å². The Balaban J connectivity index is 0.943. The molecule has 0 saturated heterocycles. The van der Waals surface area contributed by atoms with Crippen molar-refractivity contribution in [2.75, 3.05) is 4.90 Å². The first kappa shape index (κ1) is 34.8. The smallest absolute Gasteiger partial charge is 0.0547 e. The minimum absolute atomic E-state index is 0.147. The van der Waals surface area contributed by atoms with E-state index in [0.29, 0.717) is 0 Å². The number of para-hydroxylation sites is 3. The van der Waals surface area contributed by atoms with Crippen LogP contribution in [0.5, 0.6) is 0 Å². The fourth-order valence-corrected chi connectivity index (χ4v) is 9.39. The number of hydrogen-bond acceptors (Lipinski definition) is 1. The predicted molar refractivity (Wildman–Crippen MR) is 249 cm³/mol. The lowest BCUT2D eigenvalue weighted by atomic mass is 9.81. The predicted octanol–water partition coefficient (Wildman–Crippen LogP) is 15.6. The van der Waals surface area contributed by atoms with Gasteiger partial charge in [-0.3, -0.25) is 0 Å². The molecular formula is C57H42N2. The van der Waals surface area contributed by atoms with Crippen molar-refractivity contribution in [3.63, 3.8) is 0 Å². The molecule has 11 rings (SSSR count). The Morgan fingerprint density at radius 2 is 0.831 bits per heavy atom. The number of fused-ring (bicyclic) bond motifs is 6. The fourth-order valence-electron chi connectivity index (χ4n) is 9.39. The van der Waals surface area contributed by atoms with E-state index in [0.717, 1.165) is 17.1 Å². The Morgan fingerprint density at radius 1 is 0.339 bits per heavy atom. The average molecular weight is 755 g/mol. The molecule has 10 aromatic rings. The summed E-state index contributed by atoms with van der Waals surface area (Å²) in [5.74, 6) is 0. The van der Waals surface area contributed by atoms with Crippen molar-refractivity contribution in [3.05, 3.63) is 230 Å². The van der Waals surface area contributed by atoms with Crippen LogP contribution in [-0.4, -0.2) is 4.57 Å². The number of aromatic nitrogens is 1. The van der Waals surface area contributed by atoms with E-state index in [1.807, 2.05) is 0 Å². The second kappa shape index (κ2) is 13.9. The van der Waals surface area contributed by atoms with Crippen LogP contribution in [0.2, 0.25) is 0 Å². The number of anilines is 3. The van der Waals surface area contributed by atoms with Gasteiger partial charge in [0, 0.05) is 38.9 Å². The summed E-state index contributed by atoms with van der Waals surface area (Å²) in [7, 11) is 0. The molecule has 59 heavy (non-hydrogen) atoms. The number of rotatable bonds is 7. The lowest BCUT2D eigenvalue weighted by Crippen LogP contribution is -2.16. The van der Waals surface area contributed by atoms with Gasteiger partial charge in [0.1, 0.15) is 0 Å². The second-order valence-corrected chi connectivity index (χ2v) is 16.2. The molecule has 0 spiro atoms. The minimum atomic E-state index is -0.147. The van der Waals surface area contributed by atoms with Gasteiger partial charge in [0.25, 0.3) is 0 Å². The van der Waals surface area contributed by atoms with Crippen molar-refractivity contribution in [3.8, 4) is 50.2 Å². The van der Waals surface area contributed by atoms with Gasteiger partial charge in [-0.25, -0.2) is 0 Å². The van der Waals surface area contributed by atoms with Crippen molar-refractivity contribution in [1.82, 2.24) is 4.57 Å². The molecule has 0 bridgehead atoms. The summed E-state index contributed by atoms with van der Waals surface area (Å²) in [6, 6.07) is 79.7. The molecule has 0 N–H and O–H groups in total. The van der Waals surface area contributed by atoms with Crippen molar-refractivity contribution in [2.45, 2.75) is 19.3 Å². The number of benzene rings is 9. The molecule has 280 valence electrons. The zero-order valence-corrected chi connectivity index (χ0v) is 33.2. The highest BCUT2D eigenvalue weighted by Crippen LogP contribution is 2.51. The molecule has 0 amide bonds. The van der Waals surface area contributed by atoms with Crippen LogP contribution in [0.1, 0.15) is 25.0 Å². The standard InChI is InChI=1S/C57H42N2/c1-57(2)53-36-43(39-15-6-3-7-16-39)27-32-49(53)50-34-31-48(38-54(50)57)58(45-19-8-4-9-20-45)47-29-25-40(26-30-47)41-17-14-18-42(35-41)44-28-33-52-51-23-12-13-24-55(51)59(56(52)37-44)46-21-10-5-11-22-46/h3-38H,1-2H3. The third-order valence-electron chi connectivity index (χ3n) is 12.4. The van der Waals surface area contributed by atoms with Crippen molar-refractivity contribution in [2.24, 2.45) is 0 Å². The maximum atomic E-state index is 2.41. The average Bonchev–Trinajstić information content (AvgIpc) is 3.75. The van der Waals surface area contributed by atoms with Crippen molar-refractivity contribution in [1.29, 1.82) is 0 Å². The molecule has 0 radical (unpaired) electrons. The van der Waals surface area contributed by atoms with Crippen LogP contribution in [-0.2, 0) is 5.41 Å². The van der Waals surface area contributed by atoms with Crippen LogP contribution >= 0.6 is 0 Å². The highest BCUT2D eigenvalue weighted by atomic mass is 15.1. The summed E-state index contributed by atoms with van der Waals surface area (Å²) in [6.45, 7) is 4.74.